The van der Waals surface area contributed by atoms with Crippen molar-refractivity contribution in [1.29, 1.82) is 0 Å². The highest BCUT2D eigenvalue weighted by Gasteiger charge is 2.15. The molecule has 1 aromatic rings. The standard InChI is InChI=1S/C10H13NO2/c1-13-10-8-6-11-5-4-7(8)2-3-9(10)12/h2-3,11-12H,4-6H2,1H3. The van der Waals surface area contributed by atoms with Crippen LogP contribution in [0.2, 0.25) is 0 Å². The van der Waals surface area contributed by atoms with Gasteiger partial charge in [0.1, 0.15) is 0 Å². The third-order valence-corrected chi connectivity index (χ3v) is 2.41. The van der Waals surface area contributed by atoms with Gasteiger partial charge in [-0.2, -0.15) is 0 Å². The average Bonchev–Trinajstić information content (AvgIpc) is 2.18. The number of benzene rings is 1. The Morgan fingerprint density at radius 3 is 3.08 bits per heavy atom. The summed E-state index contributed by atoms with van der Waals surface area (Å²) in [5.41, 5.74) is 2.36. The van der Waals surface area contributed by atoms with Crippen LogP contribution in [0.5, 0.6) is 11.5 Å². The van der Waals surface area contributed by atoms with Crippen LogP contribution < -0.4 is 10.1 Å². The number of hydrogen-bond donors (Lipinski definition) is 2. The number of nitrogens with one attached hydrogen (secondary N) is 1. The lowest BCUT2D eigenvalue weighted by Gasteiger charge is -2.20. The second-order valence-corrected chi connectivity index (χ2v) is 3.18. The molecule has 0 atom stereocenters. The predicted molar refractivity (Wildman–Crippen MR) is 50.1 cm³/mol. The average molecular weight is 179 g/mol. The van der Waals surface area contributed by atoms with E-state index in [0.717, 1.165) is 25.1 Å². The molecule has 1 heterocycles. The second-order valence-electron chi connectivity index (χ2n) is 3.18. The first-order chi connectivity index (χ1) is 6.33. The van der Waals surface area contributed by atoms with E-state index in [4.69, 9.17) is 4.74 Å². The minimum atomic E-state index is 0.227. The molecule has 0 fully saturated rings. The Morgan fingerprint density at radius 2 is 2.31 bits per heavy atom. The molecule has 2 N–H and O–H groups in total. The molecule has 70 valence electrons. The van der Waals surface area contributed by atoms with E-state index in [1.165, 1.54) is 5.56 Å². The van der Waals surface area contributed by atoms with Gasteiger partial charge in [-0.1, -0.05) is 6.07 Å². The minimum Gasteiger partial charge on any atom is -0.504 e. The maximum Gasteiger partial charge on any atom is 0.165 e. The highest BCUT2D eigenvalue weighted by Crippen LogP contribution is 2.33. The fourth-order valence-electron chi connectivity index (χ4n) is 1.75. The van der Waals surface area contributed by atoms with Crippen molar-refractivity contribution in [3.05, 3.63) is 23.3 Å². The summed E-state index contributed by atoms with van der Waals surface area (Å²) in [4.78, 5) is 0. The summed E-state index contributed by atoms with van der Waals surface area (Å²) in [6, 6.07) is 3.66. The molecule has 0 radical (unpaired) electrons. The molecule has 13 heavy (non-hydrogen) atoms. The monoisotopic (exact) mass is 179 g/mol. The fourth-order valence-corrected chi connectivity index (χ4v) is 1.75. The van der Waals surface area contributed by atoms with Gasteiger partial charge >= 0.3 is 0 Å². The first kappa shape index (κ1) is 8.38. The molecule has 0 saturated heterocycles. The summed E-state index contributed by atoms with van der Waals surface area (Å²) in [6.07, 6.45) is 1.01. The number of aromatic hydroxyl groups is 1. The van der Waals surface area contributed by atoms with Gasteiger partial charge in [-0.3, -0.25) is 0 Å². The number of rotatable bonds is 1. The Hall–Kier alpha value is -1.22. The van der Waals surface area contributed by atoms with Gasteiger partial charge < -0.3 is 15.2 Å². The van der Waals surface area contributed by atoms with Crippen LogP contribution in [-0.2, 0) is 13.0 Å². The van der Waals surface area contributed by atoms with Gasteiger partial charge in [0, 0.05) is 12.1 Å². The summed E-state index contributed by atoms with van der Waals surface area (Å²) in [6.45, 7) is 1.79. The third-order valence-electron chi connectivity index (χ3n) is 2.41. The van der Waals surface area contributed by atoms with Crippen LogP contribution in [0.1, 0.15) is 11.1 Å². The maximum absolute atomic E-state index is 9.51. The molecule has 3 heteroatoms. The molecular weight excluding hydrogens is 166 g/mol. The molecule has 0 aliphatic carbocycles. The molecule has 3 nitrogen and oxygen atoms in total. The summed E-state index contributed by atoms with van der Waals surface area (Å²) >= 11 is 0. The van der Waals surface area contributed by atoms with Gasteiger partial charge in [0.25, 0.3) is 0 Å². The van der Waals surface area contributed by atoms with Crippen LogP contribution in [0.25, 0.3) is 0 Å². The molecule has 2 rings (SSSR count). The molecule has 1 aromatic carbocycles. The number of methoxy groups -OCH3 is 1. The van der Waals surface area contributed by atoms with Gasteiger partial charge in [-0.05, 0) is 24.6 Å². The molecule has 0 unspecified atom stereocenters. The van der Waals surface area contributed by atoms with Gasteiger partial charge in [-0.25, -0.2) is 0 Å². The summed E-state index contributed by atoms with van der Waals surface area (Å²) in [7, 11) is 1.59. The normalized spacial score (nSPS) is 15.2. The van der Waals surface area contributed by atoms with Crippen molar-refractivity contribution in [2.24, 2.45) is 0 Å². The minimum absolute atomic E-state index is 0.227. The van der Waals surface area contributed by atoms with Gasteiger partial charge in [0.15, 0.2) is 11.5 Å². The zero-order valence-electron chi connectivity index (χ0n) is 7.63. The van der Waals surface area contributed by atoms with Gasteiger partial charge in [0.2, 0.25) is 0 Å². The van der Waals surface area contributed by atoms with Crippen LogP contribution in [0.3, 0.4) is 0 Å². The SMILES string of the molecule is COc1c(O)ccc2c1CNCC2. The molecule has 1 aliphatic rings. The van der Waals surface area contributed by atoms with Crippen LogP contribution in [0, 0.1) is 0 Å². The smallest absolute Gasteiger partial charge is 0.165 e. The van der Waals surface area contributed by atoms with E-state index < -0.39 is 0 Å². The molecule has 0 bridgehead atoms. The largest absolute Gasteiger partial charge is 0.504 e. The quantitative estimate of drug-likeness (QED) is 0.677. The Kier molecular flexibility index (Phi) is 2.10. The maximum atomic E-state index is 9.51. The third kappa shape index (κ3) is 1.35. The Bertz CT molecular complexity index is 323. The topological polar surface area (TPSA) is 41.5 Å². The number of hydrogen-bond acceptors (Lipinski definition) is 3. The van der Waals surface area contributed by atoms with E-state index in [-0.39, 0.29) is 5.75 Å². The molecular formula is C10H13NO2. The van der Waals surface area contributed by atoms with Crippen LogP contribution in [0.15, 0.2) is 12.1 Å². The van der Waals surface area contributed by atoms with Crippen molar-refractivity contribution < 1.29 is 9.84 Å². The first-order valence-electron chi connectivity index (χ1n) is 4.41. The molecule has 0 amide bonds. The summed E-state index contributed by atoms with van der Waals surface area (Å²) < 4.78 is 5.15. The number of fused-ring (bicyclic) bond motifs is 1. The van der Waals surface area contributed by atoms with Crippen molar-refractivity contribution in [2.75, 3.05) is 13.7 Å². The fraction of sp³-hybridized carbons (Fsp3) is 0.400. The van der Waals surface area contributed by atoms with Crippen LogP contribution in [0.4, 0.5) is 0 Å². The second kappa shape index (κ2) is 3.26. The Labute approximate surface area is 77.3 Å². The summed E-state index contributed by atoms with van der Waals surface area (Å²) in [5.74, 6) is 0.842. The lowest BCUT2D eigenvalue weighted by Crippen LogP contribution is -2.24. The van der Waals surface area contributed by atoms with E-state index in [9.17, 15) is 5.11 Å². The highest BCUT2D eigenvalue weighted by atomic mass is 16.5. The van der Waals surface area contributed by atoms with Crippen LogP contribution in [-0.4, -0.2) is 18.8 Å². The molecule has 1 aliphatic heterocycles. The van der Waals surface area contributed by atoms with Gasteiger partial charge in [-0.15, -0.1) is 0 Å². The van der Waals surface area contributed by atoms with Crippen molar-refractivity contribution in [3.8, 4) is 11.5 Å². The van der Waals surface area contributed by atoms with Crippen LogP contribution >= 0.6 is 0 Å². The lowest BCUT2D eigenvalue weighted by molar-refractivity contribution is 0.365. The van der Waals surface area contributed by atoms with E-state index in [1.54, 1.807) is 13.2 Å². The first-order valence-corrected chi connectivity index (χ1v) is 4.41. The van der Waals surface area contributed by atoms with Crippen molar-refractivity contribution in [1.82, 2.24) is 5.32 Å². The molecule has 0 spiro atoms. The number of phenols is 1. The van der Waals surface area contributed by atoms with Crippen molar-refractivity contribution >= 4 is 0 Å². The van der Waals surface area contributed by atoms with E-state index in [2.05, 4.69) is 5.32 Å². The van der Waals surface area contributed by atoms with Crippen molar-refractivity contribution in [3.63, 3.8) is 0 Å². The Morgan fingerprint density at radius 1 is 1.46 bits per heavy atom. The van der Waals surface area contributed by atoms with Gasteiger partial charge in [0.05, 0.1) is 7.11 Å². The molecule has 0 aromatic heterocycles. The zero-order valence-corrected chi connectivity index (χ0v) is 7.63. The molecule has 0 saturated carbocycles. The zero-order chi connectivity index (χ0) is 9.26. The predicted octanol–water partition coefficient (Wildman–Crippen LogP) is 1.05. The summed E-state index contributed by atoms with van der Waals surface area (Å²) in [5, 5.41) is 12.8. The lowest BCUT2D eigenvalue weighted by atomic mass is 10.00. The van der Waals surface area contributed by atoms with E-state index in [1.807, 2.05) is 6.07 Å². The van der Waals surface area contributed by atoms with Crippen molar-refractivity contribution in [2.45, 2.75) is 13.0 Å². The number of ether oxygens (including phenoxy) is 1. The number of phenolic OH excluding ortho intramolecular Hbond substituents is 1. The Balaban J connectivity index is 2.52. The van der Waals surface area contributed by atoms with E-state index >= 15 is 0 Å². The van der Waals surface area contributed by atoms with E-state index in [0.29, 0.717) is 5.75 Å². The highest BCUT2D eigenvalue weighted by molar-refractivity contribution is 5.50.